The molecule has 4 N–H and O–H groups in total. The molecule has 2 aromatic carbocycles. The highest BCUT2D eigenvalue weighted by Crippen LogP contribution is 2.36. The van der Waals surface area contributed by atoms with Crippen molar-refractivity contribution in [3.05, 3.63) is 54.9 Å². The lowest BCUT2D eigenvalue weighted by Crippen LogP contribution is -2.29. The predicted molar refractivity (Wildman–Crippen MR) is 132 cm³/mol. The zero-order chi connectivity index (χ0) is 22.7. The fourth-order valence-corrected chi connectivity index (χ4v) is 3.63. The first kappa shape index (κ1) is 21.5. The Morgan fingerprint density at radius 3 is 2.69 bits per heavy atom. The molecule has 0 aliphatic carbocycles. The van der Waals surface area contributed by atoms with E-state index in [1.807, 2.05) is 49.6 Å². The number of aromatic nitrogens is 3. The summed E-state index contributed by atoms with van der Waals surface area (Å²) in [6, 6.07) is 13.8. The predicted octanol–water partition coefficient (Wildman–Crippen LogP) is 3.96. The first-order chi connectivity index (χ1) is 15.5. The summed E-state index contributed by atoms with van der Waals surface area (Å²) >= 11 is 0. The number of nitrogen functional groups attached to an aromatic ring is 1. The van der Waals surface area contributed by atoms with Crippen molar-refractivity contribution in [1.82, 2.24) is 19.9 Å². The number of H-pyrrole nitrogens is 1. The molecule has 0 amide bonds. The van der Waals surface area contributed by atoms with E-state index in [0.717, 1.165) is 40.9 Å². The Hall–Kier alpha value is -3.78. The zero-order valence-electron chi connectivity index (χ0n) is 18.9. The fraction of sp³-hybridized carbons (Fsp3) is 0.250. The van der Waals surface area contributed by atoms with Crippen molar-refractivity contribution >= 4 is 33.9 Å². The van der Waals surface area contributed by atoms with Crippen molar-refractivity contribution < 1.29 is 4.74 Å². The third-order valence-corrected chi connectivity index (χ3v) is 5.41. The van der Waals surface area contributed by atoms with Crippen LogP contribution in [0.25, 0.3) is 22.2 Å². The van der Waals surface area contributed by atoms with Crippen molar-refractivity contribution in [2.75, 3.05) is 57.3 Å². The molecule has 0 radical (unpaired) electrons. The lowest BCUT2D eigenvalue weighted by Gasteiger charge is -2.24. The normalized spacial score (nSPS) is 11.2. The van der Waals surface area contributed by atoms with Crippen LogP contribution in [0, 0.1) is 0 Å². The van der Waals surface area contributed by atoms with Gasteiger partial charge in [-0.05, 0) is 32.3 Å². The summed E-state index contributed by atoms with van der Waals surface area (Å²) in [7, 11) is 7.77. The van der Waals surface area contributed by atoms with Crippen LogP contribution in [0.15, 0.2) is 54.9 Å². The second-order valence-corrected chi connectivity index (χ2v) is 7.97. The van der Waals surface area contributed by atoms with Crippen molar-refractivity contribution in [2.24, 2.45) is 0 Å². The van der Waals surface area contributed by atoms with E-state index in [-0.39, 0.29) is 0 Å². The average Bonchev–Trinajstić information content (AvgIpc) is 3.22. The lowest BCUT2D eigenvalue weighted by molar-refractivity contribution is 0.413. The summed E-state index contributed by atoms with van der Waals surface area (Å²) in [4.78, 5) is 16.7. The van der Waals surface area contributed by atoms with Gasteiger partial charge in [0.2, 0.25) is 5.95 Å². The molecule has 0 spiro atoms. The summed E-state index contributed by atoms with van der Waals surface area (Å²) < 4.78 is 5.63. The van der Waals surface area contributed by atoms with Gasteiger partial charge in [0.25, 0.3) is 0 Å². The lowest BCUT2D eigenvalue weighted by atomic mass is 10.1. The van der Waals surface area contributed by atoms with Crippen LogP contribution in [-0.2, 0) is 0 Å². The van der Waals surface area contributed by atoms with Gasteiger partial charge in [0.1, 0.15) is 5.75 Å². The third-order valence-electron chi connectivity index (χ3n) is 5.41. The molecule has 2 heterocycles. The molecule has 0 saturated carbocycles. The number of nitrogens with zero attached hydrogens (tertiary/aromatic N) is 4. The first-order valence-corrected chi connectivity index (χ1v) is 10.5. The zero-order valence-corrected chi connectivity index (χ0v) is 18.9. The molecule has 0 atom stereocenters. The van der Waals surface area contributed by atoms with Crippen LogP contribution >= 0.6 is 0 Å². The van der Waals surface area contributed by atoms with E-state index >= 15 is 0 Å². The van der Waals surface area contributed by atoms with Crippen LogP contribution in [0.1, 0.15) is 0 Å². The molecule has 32 heavy (non-hydrogen) atoms. The minimum absolute atomic E-state index is 0.471. The van der Waals surface area contributed by atoms with Crippen LogP contribution in [0.3, 0.4) is 0 Å². The maximum absolute atomic E-state index is 6.38. The standard InChI is InChI=1S/C24H29N7O/c1-30(2)11-12-31(3)22-14-23(32-4)21(13-18(22)25)29-24-26-10-9-20(28-24)17-15-27-19-8-6-5-7-16(17)19/h5-10,13-15,27H,11-12,25H2,1-4H3,(H,26,28,29). The van der Waals surface area contributed by atoms with E-state index in [2.05, 4.69) is 45.2 Å². The largest absolute Gasteiger partial charge is 0.494 e. The second-order valence-electron chi connectivity index (χ2n) is 7.97. The number of nitrogens with one attached hydrogen (secondary N) is 2. The molecule has 8 heteroatoms. The SMILES string of the molecule is COc1cc(N(C)CCN(C)C)c(N)cc1Nc1nccc(-c2c[nH]c3ccccc23)n1. The third kappa shape index (κ3) is 4.45. The molecule has 0 saturated heterocycles. The molecular formula is C24H29N7O. The van der Waals surface area contributed by atoms with Crippen molar-refractivity contribution in [3.63, 3.8) is 0 Å². The number of methoxy groups -OCH3 is 1. The van der Waals surface area contributed by atoms with Crippen LogP contribution < -0.4 is 20.7 Å². The molecule has 0 bridgehead atoms. The molecule has 2 aromatic heterocycles. The number of fused-ring (bicyclic) bond motifs is 1. The van der Waals surface area contributed by atoms with Crippen LogP contribution in [0.2, 0.25) is 0 Å². The number of nitrogens with two attached hydrogens (primary N) is 1. The van der Waals surface area contributed by atoms with E-state index in [1.54, 1.807) is 13.3 Å². The average molecular weight is 432 g/mol. The van der Waals surface area contributed by atoms with Gasteiger partial charge in [-0.25, -0.2) is 9.97 Å². The van der Waals surface area contributed by atoms with Gasteiger partial charge in [0.05, 0.1) is 29.9 Å². The summed E-state index contributed by atoms with van der Waals surface area (Å²) in [5.74, 6) is 1.14. The van der Waals surface area contributed by atoms with Gasteiger partial charge in [0, 0.05) is 55.1 Å². The Bertz CT molecular complexity index is 1220. The Kier molecular flexibility index (Phi) is 6.13. The van der Waals surface area contributed by atoms with Gasteiger partial charge in [-0.15, -0.1) is 0 Å². The fourth-order valence-electron chi connectivity index (χ4n) is 3.63. The number of hydrogen-bond donors (Lipinski definition) is 3. The molecule has 8 nitrogen and oxygen atoms in total. The molecule has 0 fully saturated rings. The number of aromatic amines is 1. The Morgan fingerprint density at radius 2 is 1.91 bits per heavy atom. The number of para-hydroxylation sites is 1. The van der Waals surface area contributed by atoms with Gasteiger partial charge < -0.3 is 30.6 Å². The number of rotatable bonds is 8. The maximum Gasteiger partial charge on any atom is 0.227 e. The van der Waals surface area contributed by atoms with Crippen LogP contribution in [0.5, 0.6) is 5.75 Å². The first-order valence-electron chi connectivity index (χ1n) is 10.5. The number of likely N-dealkylation sites (N-methyl/N-ethyl adjacent to an activating group) is 2. The van der Waals surface area contributed by atoms with Gasteiger partial charge >= 0.3 is 0 Å². The monoisotopic (exact) mass is 431 g/mol. The van der Waals surface area contributed by atoms with Crippen LogP contribution in [-0.4, -0.2) is 61.2 Å². The highest BCUT2D eigenvalue weighted by Gasteiger charge is 2.14. The van der Waals surface area contributed by atoms with Crippen molar-refractivity contribution in [3.8, 4) is 17.0 Å². The Labute approximate surface area is 188 Å². The van der Waals surface area contributed by atoms with E-state index < -0.39 is 0 Å². The molecule has 4 aromatic rings. The molecular weight excluding hydrogens is 402 g/mol. The number of hydrogen-bond acceptors (Lipinski definition) is 7. The van der Waals surface area contributed by atoms with Crippen molar-refractivity contribution in [1.29, 1.82) is 0 Å². The van der Waals surface area contributed by atoms with Gasteiger partial charge in [-0.1, -0.05) is 18.2 Å². The minimum atomic E-state index is 0.471. The van der Waals surface area contributed by atoms with Crippen molar-refractivity contribution in [2.45, 2.75) is 0 Å². The van der Waals surface area contributed by atoms with Gasteiger partial charge in [-0.3, -0.25) is 0 Å². The molecule has 0 aliphatic heterocycles. The minimum Gasteiger partial charge on any atom is -0.494 e. The highest BCUT2D eigenvalue weighted by atomic mass is 16.5. The topological polar surface area (TPSA) is 95.3 Å². The quantitative estimate of drug-likeness (QED) is 0.364. The number of benzene rings is 2. The number of anilines is 4. The summed E-state index contributed by atoms with van der Waals surface area (Å²) in [5, 5.41) is 4.38. The van der Waals surface area contributed by atoms with E-state index in [1.165, 1.54) is 0 Å². The maximum atomic E-state index is 6.38. The Balaban J connectivity index is 1.61. The second kappa shape index (κ2) is 9.15. The summed E-state index contributed by atoms with van der Waals surface area (Å²) in [6.45, 7) is 1.77. The smallest absolute Gasteiger partial charge is 0.227 e. The van der Waals surface area contributed by atoms with Crippen LogP contribution in [0.4, 0.5) is 23.0 Å². The van der Waals surface area contributed by atoms with E-state index in [9.17, 15) is 0 Å². The van der Waals surface area contributed by atoms with E-state index in [4.69, 9.17) is 15.5 Å². The molecule has 0 aliphatic rings. The van der Waals surface area contributed by atoms with Gasteiger partial charge in [-0.2, -0.15) is 0 Å². The highest BCUT2D eigenvalue weighted by molar-refractivity contribution is 5.94. The number of ether oxygens (including phenoxy) is 1. The van der Waals surface area contributed by atoms with Gasteiger partial charge in [0.15, 0.2) is 0 Å². The summed E-state index contributed by atoms with van der Waals surface area (Å²) in [6.07, 6.45) is 3.71. The molecule has 166 valence electrons. The summed E-state index contributed by atoms with van der Waals surface area (Å²) in [5.41, 5.74) is 11.6. The molecule has 0 unspecified atom stereocenters. The molecule has 4 rings (SSSR count). The Morgan fingerprint density at radius 1 is 1.09 bits per heavy atom. The van der Waals surface area contributed by atoms with E-state index in [0.29, 0.717) is 23.1 Å².